The lowest BCUT2D eigenvalue weighted by Gasteiger charge is -2.38. The second-order valence-electron chi connectivity index (χ2n) is 3.83. The largest absolute Gasteiger partial charge is 0.371 e. The van der Waals surface area contributed by atoms with Gasteiger partial charge in [0.2, 0.25) is 17.2 Å². The molecule has 0 unspecified atom stereocenters. The van der Waals surface area contributed by atoms with Gasteiger partial charge in [-0.05, 0) is 0 Å². The summed E-state index contributed by atoms with van der Waals surface area (Å²) in [7, 11) is -4.73. The molecule has 0 aromatic rings. The maximum atomic E-state index is 11.4. The van der Waals surface area contributed by atoms with Gasteiger partial charge in [0.15, 0.2) is 0 Å². The molecule has 8 heteroatoms. The van der Waals surface area contributed by atoms with Crippen molar-refractivity contribution >= 4 is 19.4 Å². The van der Waals surface area contributed by atoms with Crippen LogP contribution in [0.15, 0.2) is 0 Å². The van der Waals surface area contributed by atoms with E-state index >= 15 is 0 Å². The average molecular weight is 252 g/mol. The zero-order valence-corrected chi connectivity index (χ0v) is 10.5. The third-order valence-electron chi connectivity index (χ3n) is 2.03. The molecular weight excluding hydrogens is 235 g/mol. The van der Waals surface area contributed by atoms with Crippen molar-refractivity contribution in [1.29, 1.82) is 0 Å². The lowest BCUT2D eigenvalue weighted by molar-refractivity contribution is -0.124. The van der Waals surface area contributed by atoms with Crippen LogP contribution in [0.1, 0.15) is 27.7 Å². The van der Waals surface area contributed by atoms with Gasteiger partial charge in [-0.25, -0.2) is 0 Å². The first kappa shape index (κ1) is 15.1. The molecule has 0 aliphatic carbocycles. The fraction of sp³-hybridized carbons (Fsp3) is 0.750. The van der Waals surface area contributed by atoms with E-state index in [1.165, 1.54) is 13.8 Å². The van der Waals surface area contributed by atoms with Crippen LogP contribution >= 0.6 is 7.60 Å². The Labute approximate surface area is 93.8 Å². The highest BCUT2D eigenvalue weighted by atomic mass is 31.2. The zero-order chi connectivity index (χ0) is 13.1. The summed E-state index contributed by atoms with van der Waals surface area (Å²) in [6.45, 7) is 5.22. The fourth-order valence-electron chi connectivity index (χ4n) is 1.34. The topological polar surface area (TPSA) is 116 Å². The SMILES string of the molecule is CC(=O)NC(NC(C)=O)(C(C)C)P(=O)(O)O. The van der Waals surface area contributed by atoms with E-state index < -0.39 is 30.7 Å². The molecule has 0 saturated heterocycles. The average Bonchev–Trinajstić information content (AvgIpc) is 1.97. The number of carbonyl (C=O) groups is 2. The summed E-state index contributed by atoms with van der Waals surface area (Å²) < 4.78 is 11.4. The lowest BCUT2D eigenvalue weighted by atomic mass is 10.1. The van der Waals surface area contributed by atoms with Crippen molar-refractivity contribution < 1.29 is 23.9 Å². The predicted octanol–water partition coefficient (Wildman–Crippen LogP) is -0.254. The van der Waals surface area contributed by atoms with Gasteiger partial charge in [-0.15, -0.1) is 0 Å². The van der Waals surface area contributed by atoms with Crippen LogP contribution in [0, 0.1) is 5.92 Å². The van der Waals surface area contributed by atoms with Crippen LogP contribution in [0.4, 0.5) is 0 Å². The summed E-state index contributed by atoms with van der Waals surface area (Å²) in [5.41, 5.74) is 0. The lowest BCUT2D eigenvalue weighted by Crippen LogP contribution is -2.62. The minimum atomic E-state index is -4.73. The van der Waals surface area contributed by atoms with Gasteiger partial charge < -0.3 is 20.4 Å². The van der Waals surface area contributed by atoms with Gasteiger partial charge in [0.1, 0.15) is 0 Å². The second kappa shape index (κ2) is 4.95. The molecule has 0 spiro atoms. The molecule has 0 heterocycles. The highest BCUT2D eigenvalue weighted by Gasteiger charge is 2.51. The molecule has 0 radical (unpaired) electrons. The fourth-order valence-corrected chi connectivity index (χ4v) is 2.62. The Balaban J connectivity index is 5.49. The molecule has 0 atom stereocenters. The molecule has 0 bridgehead atoms. The molecule has 16 heavy (non-hydrogen) atoms. The van der Waals surface area contributed by atoms with E-state index in [9.17, 15) is 23.9 Å². The highest BCUT2D eigenvalue weighted by Crippen LogP contribution is 2.50. The number of amides is 2. The maximum Gasteiger partial charge on any atom is 0.371 e. The van der Waals surface area contributed by atoms with Crippen molar-refractivity contribution in [2.24, 2.45) is 5.92 Å². The van der Waals surface area contributed by atoms with Crippen molar-refractivity contribution in [2.75, 3.05) is 0 Å². The normalized spacial score (nSPS) is 12.4. The van der Waals surface area contributed by atoms with Crippen LogP contribution in [0.5, 0.6) is 0 Å². The van der Waals surface area contributed by atoms with E-state index in [4.69, 9.17) is 0 Å². The Hall–Kier alpha value is -0.910. The molecule has 0 aliphatic heterocycles. The Kier molecular flexibility index (Phi) is 4.67. The van der Waals surface area contributed by atoms with E-state index in [2.05, 4.69) is 10.6 Å². The van der Waals surface area contributed by atoms with Gasteiger partial charge in [0.05, 0.1) is 0 Å². The molecule has 0 fully saturated rings. The van der Waals surface area contributed by atoms with E-state index in [-0.39, 0.29) is 0 Å². The van der Waals surface area contributed by atoms with E-state index in [1.54, 1.807) is 0 Å². The molecule has 0 saturated carbocycles. The number of hydrogen-bond acceptors (Lipinski definition) is 3. The highest BCUT2D eigenvalue weighted by molar-refractivity contribution is 7.53. The van der Waals surface area contributed by atoms with Crippen LogP contribution in [-0.2, 0) is 14.2 Å². The summed E-state index contributed by atoms with van der Waals surface area (Å²) in [6.07, 6.45) is 0. The monoisotopic (exact) mass is 252 g/mol. The van der Waals surface area contributed by atoms with Crippen LogP contribution in [0.3, 0.4) is 0 Å². The minimum absolute atomic E-state index is 0.634. The quantitative estimate of drug-likeness (QED) is 0.406. The smallest absolute Gasteiger partial charge is 0.323 e. The van der Waals surface area contributed by atoms with Crippen LogP contribution < -0.4 is 10.6 Å². The predicted molar refractivity (Wildman–Crippen MR) is 57.2 cm³/mol. The molecule has 7 nitrogen and oxygen atoms in total. The molecule has 94 valence electrons. The van der Waals surface area contributed by atoms with Crippen LogP contribution in [0.25, 0.3) is 0 Å². The second-order valence-corrected chi connectivity index (χ2v) is 5.62. The van der Waals surface area contributed by atoms with Crippen LogP contribution in [-0.4, -0.2) is 27.0 Å². The molecule has 0 aliphatic rings. The zero-order valence-electron chi connectivity index (χ0n) is 9.64. The Morgan fingerprint density at radius 3 is 1.56 bits per heavy atom. The van der Waals surface area contributed by atoms with Crippen molar-refractivity contribution in [3.8, 4) is 0 Å². The third-order valence-corrected chi connectivity index (χ3v) is 3.69. The summed E-state index contributed by atoms with van der Waals surface area (Å²) >= 11 is 0. The molecule has 0 rings (SSSR count). The molecule has 4 N–H and O–H groups in total. The summed E-state index contributed by atoms with van der Waals surface area (Å²) in [4.78, 5) is 40.5. The van der Waals surface area contributed by atoms with Crippen molar-refractivity contribution in [2.45, 2.75) is 33.1 Å². The Morgan fingerprint density at radius 2 is 1.44 bits per heavy atom. The molecule has 0 aromatic heterocycles. The van der Waals surface area contributed by atoms with Crippen molar-refractivity contribution in [3.05, 3.63) is 0 Å². The van der Waals surface area contributed by atoms with Gasteiger partial charge in [-0.2, -0.15) is 0 Å². The summed E-state index contributed by atoms with van der Waals surface area (Å²) in [5, 5.41) is 2.21. The van der Waals surface area contributed by atoms with E-state index in [1.807, 2.05) is 0 Å². The first-order valence-electron chi connectivity index (χ1n) is 4.66. The van der Waals surface area contributed by atoms with Gasteiger partial charge in [0.25, 0.3) is 0 Å². The van der Waals surface area contributed by atoms with Gasteiger partial charge in [-0.1, -0.05) is 13.8 Å². The number of carbonyl (C=O) groups excluding carboxylic acids is 2. The van der Waals surface area contributed by atoms with Gasteiger partial charge >= 0.3 is 7.60 Å². The van der Waals surface area contributed by atoms with Crippen molar-refractivity contribution in [3.63, 3.8) is 0 Å². The first-order chi connectivity index (χ1) is 7.03. The summed E-state index contributed by atoms with van der Waals surface area (Å²) in [5.74, 6) is -1.93. The molecule has 2 amide bonds. The third kappa shape index (κ3) is 3.30. The Bertz CT molecular complexity index is 319. The molecular formula is C8H17N2O5P. The van der Waals surface area contributed by atoms with E-state index in [0.717, 1.165) is 13.8 Å². The van der Waals surface area contributed by atoms with E-state index in [0.29, 0.717) is 0 Å². The number of nitrogens with one attached hydrogen (secondary N) is 2. The maximum absolute atomic E-state index is 11.4. The standard InChI is InChI=1S/C8H17N2O5P/c1-5(2)8(9-6(3)11,10-7(4)12)16(13,14)15/h5H,1-4H3,(H,9,11)(H,10,12)(H2,13,14,15). The summed E-state index contributed by atoms with van der Waals surface area (Å²) in [6, 6.07) is 0. The minimum Gasteiger partial charge on any atom is -0.323 e. The first-order valence-corrected chi connectivity index (χ1v) is 6.27. The Morgan fingerprint density at radius 1 is 1.12 bits per heavy atom. The number of hydrogen-bond donors (Lipinski definition) is 4. The number of rotatable bonds is 4. The van der Waals surface area contributed by atoms with Crippen LogP contribution in [0.2, 0.25) is 0 Å². The van der Waals surface area contributed by atoms with Gasteiger partial charge in [-0.3, -0.25) is 14.2 Å². The van der Waals surface area contributed by atoms with Gasteiger partial charge in [0, 0.05) is 19.8 Å². The molecule has 0 aromatic carbocycles. The van der Waals surface area contributed by atoms with Crippen molar-refractivity contribution in [1.82, 2.24) is 10.6 Å².